The van der Waals surface area contributed by atoms with Crippen LogP contribution in [0.1, 0.15) is 54.4 Å². The van der Waals surface area contributed by atoms with Gasteiger partial charge in [0.15, 0.2) is 0 Å². The molecular weight excluding hydrogens is 288 g/mol. The largest absolute Gasteiger partial charge is 0.496 e. The van der Waals surface area contributed by atoms with E-state index in [4.69, 9.17) is 5.53 Å². The molecule has 0 amide bonds. The molecule has 0 radical (unpaired) electrons. The lowest BCUT2D eigenvalue weighted by molar-refractivity contribution is 0.00347. The molecule has 19 heavy (non-hydrogen) atoms. The SMILES string of the molecule is CCC(C)(C)S(=O)(=O)C(=[N+]=[N-])S(=O)(=O)C(C)(C)CC. The molecule has 0 saturated heterocycles. The van der Waals surface area contributed by atoms with Gasteiger partial charge < -0.3 is 5.53 Å². The Kier molecular flexibility index (Phi) is 5.14. The van der Waals surface area contributed by atoms with Crippen molar-refractivity contribution in [2.24, 2.45) is 0 Å². The molecule has 0 fully saturated rings. The second-order valence-corrected chi connectivity index (χ2v) is 10.9. The van der Waals surface area contributed by atoms with Gasteiger partial charge in [0.2, 0.25) is 0 Å². The summed E-state index contributed by atoms with van der Waals surface area (Å²) < 4.78 is 45.6. The van der Waals surface area contributed by atoms with Crippen molar-refractivity contribution in [3.8, 4) is 0 Å². The van der Waals surface area contributed by atoms with Crippen molar-refractivity contribution in [1.82, 2.24) is 0 Å². The minimum Gasteiger partial charge on any atom is -0.359 e. The second-order valence-electron chi connectivity index (χ2n) is 5.60. The van der Waals surface area contributed by atoms with Gasteiger partial charge in [0.05, 0.1) is 9.49 Å². The molecule has 6 nitrogen and oxygen atoms in total. The maximum Gasteiger partial charge on any atom is 0.496 e. The summed E-state index contributed by atoms with van der Waals surface area (Å²) in [6.45, 7) is 8.88. The van der Waals surface area contributed by atoms with E-state index in [1.165, 1.54) is 27.7 Å². The highest BCUT2D eigenvalue weighted by atomic mass is 32.3. The smallest absolute Gasteiger partial charge is 0.359 e. The molecule has 0 unspecified atom stereocenters. The van der Waals surface area contributed by atoms with E-state index in [-0.39, 0.29) is 12.8 Å². The fourth-order valence-electron chi connectivity index (χ4n) is 1.10. The van der Waals surface area contributed by atoms with Gasteiger partial charge in [-0.1, -0.05) is 13.8 Å². The molecule has 0 aliphatic carbocycles. The van der Waals surface area contributed by atoms with Gasteiger partial charge in [-0.15, -0.1) is 4.79 Å². The fraction of sp³-hybridized carbons (Fsp3) is 0.909. The molecule has 0 N–H and O–H groups in total. The molecule has 0 aliphatic heterocycles. The highest BCUT2D eigenvalue weighted by Gasteiger charge is 2.55. The maximum absolute atomic E-state index is 12.4. The molecule has 0 heterocycles. The van der Waals surface area contributed by atoms with Gasteiger partial charge in [-0.25, -0.2) is 16.8 Å². The Morgan fingerprint density at radius 3 is 1.32 bits per heavy atom. The summed E-state index contributed by atoms with van der Waals surface area (Å²) in [5.41, 5.74) is 8.94. The van der Waals surface area contributed by atoms with E-state index in [2.05, 4.69) is 4.79 Å². The highest BCUT2D eigenvalue weighted by molar-refractivity contribution is 8.31. The monoisotopic (exact) mass is 310 g/mol. The van der Waals surface area contributed by atoms with E-state index in [0.717, 1.165) is 0 Å². The molecule has 0 rings (SSSR count). The van der Waals surface area contributed by atoms with Crippen molar-refractivity contribution in [3.63, 3.8) is 0 Å². The minimum atomic E-state index is -4.24. The zero-order valence-electron chi connectivity index (χ0n) is 12.3. The van der Waals surface area contributed by atoms with Crippen LogP contribution >= 0.6 is 0 Å². The van der Waals surface area contributed by atoms with Crippen LogP contribution in [0.25, 0.3) is 5.53 Å². The van der Waals surface area contributed by atoms with Crippen molar-refractivity contribution in [3.05, 3.63) is 5.53 Å². The summed E-state index contributed by atoms with van der Waals surface area (Å²) in [6, 6.07) is 0. The first-order valence-corrected chi connectivity index (χ1v) is 8.99. The number of nitrogens with zero attached hydrogens (tertiary/aromatic N) is 2. The molecular formula is C11H22N2O4S2. The predicted octanol–water partition coefficient (Wildman–Crippen LogP) is 1.78. The van der Waals surface area contributed by atoms with Crippen molar-refractivity contribution in [2.45, 2.75) is 63.9 Å². The minimum absolute atomic E-state index is 0.205. The third-order valence-corrected chi connectivity index (χ3v) is 9.59. The Balaban J connectivity index is 6.28. The van der Waals surface area contributed by atoms with Crippen molar-refractivity contribution >= 4 is 24.1 Å². The third-order valence-electron chi connectivity index (χ3n) is 3.70. The maximum atomic E-state index is 12.4. The number of sulfone groups is 2. The van der Waals surface area contributed by atoms with Gasteiger partial charge in [0, 0.05) is 0 Å². The van der Waals surface area contributed by atoms with E-state index in [9.17, 15) is 16.8 Å². The van der Waals surface area contributed by atoms with E-state index in [1.54, 1.807) is 13.8 Å². The molecule has 0 aromatic carbocycles. The van der Waals surface area contributed by atoms with Crippen LogP contribution in [0.3, 0.4) is 0 Å². The molecule has 0 saturated carbocycles. The Hall–Kier alpha value is -0.720. The van der Waals surface area contributed by atoms with E-state index < -0.39 is 33.5 Å². The van der Waals surface area contributed by atoms with E-state index in [0.29, 0.717) is 0 Å². The molecule has 0 aromatic rings. The van der Waals surface area contributed by atoms with Gasteiger partial charge in [-0.2, -0.15) is 0 Å². The van der Waals surface area contributed by atoms with Crippen LogP contribution < -0.4 is 0 Å². The lowest BCUT2D eigenvalue weighted by atomic mass is 10.1. The van der Waals surface area contributed by atoms with Crippen molar-refractivity contribution in [1.29, 1.82) is 0 Å². The molecule has 8 heteroatoms. The van der Waals surface area contributed by atoms with Gasteiger partial charge in [0.25, 0.3) is 19.7 Å². The Labute approximate surface area is 115 Å². The third kappa shape index (κ3) is 2.90. The molecule has 0 aromatic heterocycles. The summed E-state index contributed by atoms with van der Waals surface area (Å²) in [5, 5.41) is 0. The first kappa shape index (κ1) is 18.3. The summed E-state index contributed by atoms with van der Waals surface area (Å²) in [5.74, 6) is 0. The zero-order chi connectivity index (χ0) is 15.7. The van der Waals surface area contributed by atoms with Crippen molar-refractivity contribution < 1.29 is 21.6 Å². The summed E-state index contributed by atoms with van der Waals surface area (Å²) in [4.78, 5) is 2.60. The quantitative estimate of drug-likeness (QED) is 0.341. The summed E-state index contributed by atoms with van der Waals surface area (Å²) >= 11 is 0. The van der Waals surface area contributed by atoms with Gasteiger partial charge in [-0.3, -0.25) is 0 Å². The topological polar surface area (TPSA) is 105 Å². The normalized spacial score (nSPS) is 14.0. The molecule has 0 atom stereocenters. The molecule has 0 bridgehead atoms. The van der Waals surface area contributed by atoms with Crippen LogP contribution in [0.15, 0.2) is 0 Å². The highest BCUT2D eigenvalue weighted by Crippen LogP contribution is 2.29. The lowest BCUT2D eigenvalue weighted by Crippen LogP contribution is -2.46. The Bertz CT molecular complexity index is 547. The molecule has 112 valence electrons. The average Bonchev–Trinajstić information content (AvgIpc) is 2.28. The number of hydrogen-bond donors (Lipinski definition) is 0. The number of rotatable bonds is 4. The lowest BCUT2D eigenvalue weighted by Gasteiger charge is -2.24. The predicted molar refractivity (Wildman–Crippen MR) is 75.2 cm³/mol. The Morgan fingerprint density at radius 1 is 0.895 bits per heavy atom. The fourth-order valence-corrected chi connectivity index (χ4v) is 5.53. The van der Waals surface area contributed by atoms with Crippen LogP contribution in [0.4, 0.5) is 0 Å². The molecule has 0 aliphatic rings. The summed E-state index contributed by atoms with van der Waals surface area (Å²) in [7, 11) is -8.48. The molecule has 0 spiro atoms. The van der Waals surface area contributed by atoms with E-state index >= 15 is 0 Å². The van der Waals surface area contributed by atoms with Crippen LogP contribution in [0.5, 0.6) is 0 Å². The van der Waals surface area contributed by atoms with Crippen LogP contribution in [0, 0.1) is 0 Å². The zero-order valence-corrected chi connectivity index (χ0v) is 13.9. The van der Waals surface area contributed by atoms with Crippen LogP contribution in [0.2, 0.25) is 0 Å². The summed E-state index contributed by atoms with van der Waals surface area (Å²) in [6.07, 6.45) is 0.410. The Morgan fingerprint density at radius 2 is 1.16 bits per heavy atom. The second kappa shape index (κ2) is 5.34. The number of hydrogen-bond acceptors (Lipinski definition) is 4. The van der Waals surface area contributed by atoms with E-state index in [1.807, 2.05) is 0 Å². The van der Waals surface area contributed by atoms with Crippen molar-refractivity contribution in [2.75, 3.05) is 0 Å². The van der Waals surface area contributed by atoms with Gasteiger partial charge in [-0.05, 0) is 40.5 Å². The van der Waals surface area contributed by atoms with Gasteiger partial charge in [0.1, 0.15) is 0 Å². The average molecular weight is 310 g/mol. The van der Waals surface area contributed by atoms with Gasteiger partial charge >= 0.3 is 4.38 Å². The standard InChI is InChI=1S/C11H22N2O4S2/c1-7-10(3,4)18(14,15)9(13-12)19(16,17)11(5,6)8-2/h7-8H2,1-6H3. The first-order chi connectivity index (χ1) is 8.31. The van der Waals surface area contributed by atoms with Crippen LogP contribution in [-0.2, 0) is 19.7 Å². The van der Waals surface area contributed by atoms with Crippen LogP contribution in [-0.4, -0.2) is 35.5 Å². The first-order valence-electron chi connectivity index (χ1n) is 6.03.